The first-order valence-electron chi connectivity index (χ1n) is 8.42. The summed E-state index contributed by atoms with van der Waals surface area (Å²) in [6.45, 7) is 0.546. The summed E-state index contributed by atoms with van der Waals surface area (Å²) in [4.78, 5) is 0. The van der Waals surface area contributed by atoms with E-state index in [4.69, 9.17) is 9.15 Å². The van der Waals surface area contributed by atoms with Crippen molar-refractivity contribution in [1.29, 1.82) is 0 Å². The maximum atomic E-state index is 9.47. The van der Waals surface area contributed by atoms with Crippen LogP contribution in [-0.2, 0) is 6.61 Å². The lowest BCUT2D eigenvalue weighted by Gasteiger charge is -2.08. The number of aromatic hydroxyl groups is 1. The van der Waals surface area contributed by atoms with E-state index in [1.165, 1.54) is 0 Å². The smallest absolute Gasteiger partial charge is 0.119 e. The molecule has 0 spiro atoms. The zero-order chi connectivity index (χ0) is 17.8. The molecule has 4 rings (SSSR count). The molecule has 0 amide bonds. The van der Waals surface area contributed by atoms with Crippen LogP contribution in [-0.4, -0.2) is 5.11 Å². The summed E-state index contributed by atoms with van der Waals surface area (Å²) >= 11 is 0. The largest absolute Gasteiger partial charge is 0.508 e. The van der Waals surface area contributed by atoms with Gasteiger partial charge in [-0.25, -0.2) is 0 Å². The zero-order valence-electron chi connectivity index (χ0n) is 14.1. The second kappa shape index (κ2) is 7.19. The van der Waals surface area contributed by atoms with Crippen molar-refractivity contribution in [3.63, 3.8) is 0 Å². The van der Waals surface area contributed by atoms with E-state index in [0.717, 1.165) is 33.6 Å². The van der Waals surface area contributed by atoms with Crippen molar-refractivity contribution in [2.75, 3.05) is 0 Å². The second-order valence-electron chi connectivity index (χ2n) is 6.04. The van der Waals surface area contributed by atoms with Gasteiger partial charge in [-0.2, -0.15) is 0 Å². The number of phenolic OH excluding ortho intramolecular Hbond substituents is 1. The number of benzene rings is 3. The zero-order valence-corrected chi connectivity index (χ0v) is 14.1. The van der Waals surface area contributed by atoms with Crippen molar-refractivity contribution in [2.24, 2.45) is 0 Å². The summed E-state index contributed by atoms with van der Waals surface area (Å²) < 4.78 is 11.3. The highest BCUT2D eigenvalue weighted by Gasteiger charge is 2.10. The molecule has 0 aliphatic carbocycles. The lowest BCUT2D eigenvalue weighted by molar-refractivity contribution is 0.306. The lowest BCUT2D eigenvalue weighted by Crippen LogP contribution is -1.94. The molecule has 1 N–H and O–H groups in total. The van der Waals surface area contributed by atoms with Crippen LogP contribution in [0.4, 0.5) is 0 Å². The van der Waals surface area contributed by atoms with Crippen LogP contribution in [0.25, 0.3) is 22.3 Å². The van der Waals surface area contributed by atoms with Gasteiger partial charge in [0.2, 0.25) is 0 Å². The van der Waals surface area contributed by atoms with E-state index in [-0.39, 0.29) is 5.75 Å². The summed E-state index contributed by atoms with van der Waals surface area (Å²) in [5.41, 5.74) is 5.18. The number of hydrogen-bond donors (Lipinski definition) is 1. The van der Waals surface area contributed by atoms with Gasteiger partial charge in [-0.1, -0.05) is 54.6 Å². The van der Waals surface area contributed by atoms with Gasteiger partial charge in [0.1, 0.15) is 18.1 Å². The van der Waals surface area contributed by atoms with Gasteiger partial charge in [0.05, 0.1) is 12.5 Å². The van der Waals surface area contributed by atoms with Crippen LogP contribution in [0.2, 0.25) is 0 Å². The molecule has 4 aromatic rings. The molecular formula is C23H18O3. The molecule has 3 aromatic carbocycles. The fraction of sp³-hybridized carbons (Fsp3) is 0.0435. The predicted octanol–water partition coefficient (Wildman–Crippen LogP) is 5.90. The van der Waals surface area contributed by atoms with Crippen LogP contribution in [0.5, 0.6) is 11.5 Å². The topological polar surface area (TPSA) is 42.6 Å². The fourth-order valence-corrected chi connectivity index (χ4v) is 2.86. The third-order valence-corrected chi connectivity index (χ3v) is 4.25. The molecule has 26 heavy (non-hydrogen) atoms. The Bertz CT molecular complexity index is 968. The Hall–Kier alpha value is -3.46. The van der Waals surface area contributed by atoms with E-state index in [2.05, 4.69) is 0 Å². The Morgan fingerprint density at radius 3 is 1.88 bits per heavy atom. The van der Waals surface area contributed by atoms with Crippen molar-refractivity contribution < 1.29 is 14.3 Å². The molecule has 0 atom stereocenters. The Kier molecular flexibility index (Phi) is 4.44. The van der Waals surface area contributed by atoms with Gasteiger partial charge in [0, 0.05) is 11.1 Å². The Morgan fingerprint density at radius 1 is 0.692 bits per heavy atom. The fourth-order valence-electron chi connectivity index (χ4n) is 2.86. The maximum absolute atomic E-state index is 9.47. The SMILES string of the molecule is Oc1ccc(-c2cocc2-c2ccc(OCc3ccccc3)cc2)cc1. The molecule has 0 saturated carbocycles. The number of rotatable bonds is 5. The van der Waals surface area contributed by atoms with Gasteiger partial charge >= 0.3 is 0 Å². The van der Waals surface area contributed by atoms with Gasteiger partial charge in [0.25, 0.3) is 0 Å². The van der Waals surface area contributed by atoms with Crippen LogP contribution in [0.1, 0.15) is 5.56 Å². The highest BCUT2D eigenvalue weighted by Crippen LogP contribution is 2.34. The maximum Gasteiger partial charge on any atom is 0.119 e. The molecule has 128 valence electrons. The monoisotopic (exact) mass is 342 g/mol. The van der Waals surface area contributed by atoms with E-state index in [1.54, 1.807) is 24.7 Å². The van der Waals surface area contributed by atoms with Crippen LogP contribution in [0, 0.1) is 0 Å². The summed E-state index contributed by atoms with van der Waals surface area (Å²) in [6, 6.07) is 25.2. The summed E-state index contributed by atoms with van der Waals surface area (Å²) in [5, 5.41) is 9.47. The minimum Gasteiger partial charge on any atom is -0.508 e. The summed E-state index contributed by atoms with van der Waals surface area (Å²) in [5.74, 6) is 1.07. The molecule has 0 fully saturated rings. The molecule has 0 saturated heterocycles. The third kappa shape index (κ3) is 3.47. The lowest BCUT2D eigenvalue weighted by atomic mass is 9.99. The number of furan rings is 1. The molecule has 0 aliphatic heterocycles. The number of ether oxygens (including phenoxy) is 1. The number of phenols is 1. The van der Waals surface area contributed by atoms with Crippen molar-refractivity contribution in [1.82, 2.24) is 0 Å². The molecule has 0 unspecified atom stereocenters. The van der Waals surface area contributed by atoms with Crippen molar-refractivity contribution in [3.8, 4) is 33.8 Å². The molecule has 3 heteroatoms. The molecule has 0 aliphatic rings. The van der Waals surface area contributed by atoms with Gasteiger partial charge in [0.15, 0.2) is 0 Å². The first-order valence-corrected chi connectivity index (χ1v) is 8.42. The van der Waals surface area contributed by atoms with Gasteiger partial charge in [-0.15, -0.1) is 0 Å². The predicted molar refractivity (Wildman–Crippen MR) is 102 cm³/mol. The highest BCUT2D eigenvalue weighted by molar-refractivity contribution is 5.82. The quantitative estimate of drug-likeness (QED) is 0.491. The molecule has 1 aromatic heterocycles. The van der Waals surface area contributed by atoms with Crippen molar-refractivity contribution in [3.05, 3.63) is 97.0 Å². The Labute approximate surface area is 152 Å². The van der Waals surface area contributed by atoms with E-state index in [0.29, 0.717) is 6.61 Å². The highest BCUT2D eigenvalue weighted by atomic mass is 16.5. The van der Waals surface area contributed by atoms with Crippen LogP contribution >= 0.6 is 0 Å². The van der Waals surface area contributed by atoms with E-state index in [9.17, 15) is 5.11 Å². The molecule has 0 bridgehead atoms. The standard InChI is InChI=1S/C23H18O3/c24-20-10-6-18(7-11-20)22-15-25-16-23(22)19-8-12-21(13-9-19)26-14-17-4-2-1-3-5-17/h1-13,15-16,24H,14H2. The van der Waals surface area contributed by atoms with Gasteiger partial charge in [-0.05, 0) is 41.0 Å². The molecule has 0 radical (unpaired) electrons. The van der Waals surface area contributed by atoms with Gasteiger partial charge < -0.3 is 14.3 Å². The first-order chi connectivity index (χ1) is 12.8. The van der Waals surface area contributed by atoms with Crippen molar-refractivity contribution >= 4 is 0 Å². The number of hydrogen-bond acceptors (Lipinski definition) is 3. The third-order valence-electron chi connectivity index (χ3n) is 4.25. The molecular weight excluding hydrogens is 324 g/mol. The molecule has 1 heterocycles. The van der Waals surface area contributed by atoms with Crippen LogP contribution < -0.4 is 4.74 Å². The van der Waals surface area contributed by atoms with Crippen LogP contribution in [0.15, 0.2) is 95.8 Å². The molecule has 3 nitrogen and oxygen atoms in total. The summed E-state index contributed by atoms with van der Waals surface area (Å²) in [6.07, 6.45) is 3.46. The second-order valence-corrected chi connectivity index (χ2v) is 6.04. The first kappa shape index (κ1) is 16.0. The van der Waals surface area contributed by atoms with Gasteiger partial charge in [-0.3, -0.25) is 0 Å². The van der Waals surface area contributed by atoms with E-state index >= 15 is 0 Å². The van der Waals surface area contributed by atoms with Crippen LogP contribution in [0.3, 0.4) is 0 Å². The minimum atomic E-state index is 0.249. The van der Waals surface area contributed by atoms with E-state index in [1.807, 2.05) is 66.7 Å². The average Bonchev–Trinajstić information content (AvgIpc) is 3.18. The normalized spacial score (nSPS) is 10.6. The van der Waals surface area contributed by atoms with Crippen molar-refractivity contribution in [2.45, 2.75) is 6.61 Å². The Balaban J connectivity index is 1.52. The average molecular weight is 342 g/mol. The Morgan fingerprint density at radius 2 is 1.27 bits per heavy atom. The summed E-state index contributed by atoms with van der Waals surface area (Å²) in [7, 11) is 0. The minimum absolute atomic E-state index is 0.249. The van der Waals surface area contributed by atoms with E-state index < -0.39 is 0 Å².